The summed E-state index contributed by atoms with van der Waals surface area (Å²) >= 11 is 5.94. The lowest BCUT2D eigenvalue weighted by Crippen LogP contribution is -2.00. The molecule has 0 bridgehead atoms. The highest BCUT2D eigenvalue weighted by atomic mass is 35.5. The first-order valence-electron chi connectivity index (χ1n) is 6.37. The molecule has 0 amide bonds. The number of rotatable bonds is 3. The van der Waals surface area contributed by atoms with E-state index in [1.165, 1.54) is 11.1 Å². The zero-order valence-electron chi connectivity index (χ0n) is 10.5. The quantitative estimate of drug-likeness (QED) is 0.936. The molecule has 1 aliphatic heterocycles. The molecule has 1 aromatic carbocycles. The minimum Gasteiger partial charge on any atom is -0.493 e. The molecule has 19 heavy (non-hydrogen) atoms. The largest absolute Gasteiger partial charge is 0.493 e. The fraction of sp³-hybridized carbons (Fsp3) is 0.267. The summed E-state index contributed by atoms with van der Waals surface area (Å²) in [6.45, 7) is 0.796. The Hall–Kier alpha value is -1.74. The van der Waals surface area contributed by atoms with Crippen LogP contribution in [0.2, 0.25) is 5.02 Å². The number of nitrogens with two attached hydrogens (primary N) is 1. The van der Waals surface area contributed by atoms with Crippen LogP contribution in [0.4, 0.5) is 5.82 Å². The van der Waals surface area contributed by atoms with Crippen molar-refractivity contribution >= 4 is 17.4 Å². The van der Waals surface area contributed by atoms with Gasteiger partial charge in [0.2, 0.25) is 0 Å². The Bertz CT molecular complexity index is 613. The van der Waals surface area contributed by atoms with Crippen molar-refractivity contribution in [2.75, 3.05) is 12.3 Å². The zero-order valence-corrected chi connectivity index (χ0v) is 11.3. The van der Waals surface area contributed by atoms with Crippen LogP contribution in [0.3, 0.4) is 0 Å². The lowest BCUT2D eigenvalue weighted by Gasteiger charge is -2.07. The summed E-state index contributed by atoms with van der Waals surface area (Å²) in [6.07, 6.45) is 4.36. The van der Waals surface area contributed by atoms with Crippen molar-refractivity contribution in [1.82, 2.24) is 4.98 Å². The molecule has 0 fully saturated rings. The molecule has 1 aliphatic rings. The molecule has 0 saturated heterocycles. The number of aromatic nitrogens is 1. The van der Waals surface area contributed by atoms with Crippen LogP contribution < -0.4 is 10.5 Å². The number of ether oxygens (including phenoxy) is 1. The van der Waals surface area contributed by atoms with Crippen LogP contribution in [0.5, 0.6) is 5.75 Å². The van der Waals surface area contributed by atoms with Gasteiger partial charge in [-0.1, -0.05) is 23.7 Å². The smallest absolute Gasteiger partial charge is 0.126 e. The molecule has 0 unspecified atom stereocenters. The first-order chi connectivity index (χ1) is 9.22. The highest BCUT2D eigenvalue weighted by Crippen LogP contribution is 2.26. The maximum atomic E-state index is 5.94. The first-order valence-corrected chi connectivity index (χ1v) is 6.74. The fourth-order valence-corrected chi connectivity index (χ4v) is 2.55. The molecule has 0 spiro atoms. The molecule has 3 nitrogen and oxygen atoms in total. The van der Waals surface area contributed by atoms with E-state index in [-0.39, 0.29) is 0 Å². The van der Waals surface area contributed by atoms with Gasteiger partial charge in [-0.05, 0) is 41.7 Å². The molecular weight excluding hydrogens is 260 g/mol. The Morgan fingerprint density at radius 2 is 2.16 bits per heavy atom. The van der Waals surface area contributed by atoms with Crippen molar-refractivity contribution in [2.24, 2.45) is 0 Å². The molecule has 0 radical (unpaired) electrons. The third-order valence-corrected chi connectivity index (χ3v) is 3.61. The van der Waals surface area contributed by atoms with Crippen LogP contribution in [-0.2, 0) is 19.3 Å². The van der Waals surface area contributed by atoms with Crippen LogP contribution in [0.25, 0.3) is 0 Å². The Labute approximate surface area is 117 Å². The van der Waals surface area contributed by atoms with Crippen LogP contribution in [-0.4, -0.2) is 11.6 Å². The highest BCUT2D eigenvalue weighted by molar-refractivity contribution is 6.30. The average Bonchev–Trinajstić information content (AvgIpc) is 2.87. The summed E-state index contributed by atoms with van der Waals surface area (Å²) in [7, 11) is 0. The summed E-state index contributed by atoms with van der Waals surface area (Å²) in [5.41, 5.74) is 9.45. The lowest BCUT2D eigenvalue weighted by molar-refractivity contribution is 0.357. The Morgan fingerprint density at radius 1 is 1.26 bits per heavy atom. The molecule has 0 aliphatic carbocycles. The van der Waals surface area contributed by atoms with Crippen LogP contribution >= 0.6 is 11.6 Å². The lowest BCUT2D eigenvalue weighted by atomic mass is 10.0. The number of fused-ring (bicyclic) bond motifs is 1. The topological polar surface area (TPSA) is 48.1 Å². The van der Waals surface area contributed by atoms with Gasteiger partial charge in [0, 0.05) is 12.6 Å². The van der Waals surface area contributed by atoms with Crippen molar-refractivity contribution < 1.29 is 4.74 Å². The Balaban J connectivity index is 1.74. The third kappa shape index (κ3) is 2.66. The number of pyridine rings is 1. The number of nitrogens with zero attached hydrogens (tertiary/aromatic N) is 1. The Kier molecular flexibility index (Phi) is 3.30. The average molecular weight is 275 g/mol. The predicted octanol–water partition coefficient (Wildman–Crippen LogP) is 3.04. The zero-order chi connectivity index (χ0) is 13.2. The summed E-state index contributed by atoms with van der Waals surface area (Å²) in [5, 5.41) is 0.631. The van der Waals surface area contributed by atoms with Gasteiger partial charge in [0.15, 0.2) is 0 Å². The number of nitrogen functional groups attached to an aromatic ring is 1. The number of hydrogen-bond donors (Lipinski definition) is 1. The van der Waals surface area contributed by atoms with Gasteiger partial charge in [0.05, 0.1) is 11.6 Å². The van der Waals surface area contributed by atoms with Gasteiger partial charge in [-0.3, -0.25) is 0 Å². The fourth-order valence-electron chi connectivity index (χ4n) is 2.37. The van der Waals surface area contributed by atoms with E-state index in [1.807, 2.05) is 6.07 Å². The van der Waals surface area contributed by atoms with E-state index in [1.54, 1.807) is 6.20 Å². The monoisotopic (exact) mass is 274 g/mol. The number of halogens is 1. The normalized spacial score (nSPS) is 13.1. The molecule has 2 aromatic rings. The summed E-state index contributed by atoms with van der Waals surface area (Å²) in [6, 6.07) is 8.27. The van der Waals surface area contributed by atoms with E-state index in [0.717, 1.165) is 37.2 Å². The number of benzene rings is 1. The van der Waals surface area contributed by atoms with Crippen molar-refractivity contribution in [1.29, 1.82) is 0 Å². The number of anilines is 1. The van der Waals surface area contributed by atoms with Gasteiger partial charge in [0.25, 0.3) is 0 Å². The van der Waals surface area contributed by atoms with Crippen molar-refractivity contribution in [3.63, 3.8) is 0 Å². The van der Waals surface area contributed by atoms with E-state index in [2.05, 4.69) is 23.2 Å². The molecule has 0 atom stereocenters. The van der Waals surface area contributed by atoms with E-state index in [0.29, 0.717) is 10.8 Å². The highest BCUT2D eigenvalue weighted by Gasteiger charge is 2.12. The number of hydrogen-bond acceptors (Lipinski definition) is 3. The van der Waals surface area contributed by atoms with Gasteiger partial charge in [-0.15, -0.1) is 0 Å². The summed E-state index contributed by atoms with van der Waals surface area (Å²) < 4.78 is 5.50. The van der Waals surface area contributed by atoms with Gasteiger partial charge >= 0.3 is 0 Å². The summed E-state index contributed by atoms with van der Waals surface area (Å²) in [5.74, 6) is 1.58. The van der Waals surface area contributed by atoms with E-state index >= 15 is 0 Å². The van der Waals surface area contributed by atoms with Gasteiger partial charge < -0.3 is 10.5 Å². The Morgan fingerprint density at radius 3 is 3.05 bits per heavy atom. The molecule has 0 saturated carbocycles. The molecule has 2 heterocycles. The van der Waals surface area contributed by atoms with E-state index in [9.17, 15) is 0 Å². The third-order valence-electron chi connectivity index (χ3n) is 3.40. The minimum atomic E-state index is 0.564. The molecule has 98 valence electrons. The molecule has 4 heteroatoms. The summed E-state index contributed by atoms with van der Waals surface area (Å²) in [4.78, 5) is 4.07. The molecular formula is C15H15ClN2O. The van der Waals surface area contributed by atoms with E-state index < -0.39 is 0 Å². The van der Waals surface area contributed by atoms with Gasteiger partial charge in [-0.2, -0.15) is 0 Å². The molecule has 1 aromatic heterocycles. The van der Waals surface area contributed by atoms with Crippen molar-refractivity contribution in [3.05, 3.63) is 52.2 Å². The number of aryl methyl sites for hydroxylation is 2. The second-order valence-electron chi connectivity index (χ2n) is 4.74. The van der Waals surface area contributed by atoms with Gasteiger partial charge in [-0.25, -0.2) is 4.98 Å². The maximum absolute atomic E-state index is 5.94. The maximum Gasteiger partial charge on any atom is 0.126 e. The second kappa shape index (κ2) is 5.10. The van der Waals surface area contributed by atoms with Crippen LogP contribution in [0.1, 0.15) is 16.7 Å². The SMILES string of the molecule is Nc1ncc(Cl)cc1CCc1ccc2c(c1)CCO2. The van der Waals surface area contributed by atoms with Gasteiger partial charge in [0.1, 0.15) is 11.6 Å². The van der Waals surface area contributed by atoms with Crippen molar-refractivity contribution in [3.8, 4) is 5.75 Å². The van der Waals surface area contributed by atoms with Crippen molar-refractivity contribution in [2.45, 2.75) is 19.3 Å². The van der Waals surface area contributed by atoms with Crippen LogP contribution in [0.15, 0.2) is 30.5 Å². The standard InChI is InChI=1S/C15H15ClN2O/c16-13-8-12(15(17)18-9-13)3-1-10-2-4-14-11(7-10)5-6-19-14/h2,4,7-9H,1,3,5-6H2,(H2,17,18). The minimum absolute atomic E-state index is 0.564. The molecule has 3 rings (SSSR count). The molecule has 2 N–H and O–H groups in total. The first kappa shape index (κ1) is 12.3. The predicted molar refractivity (Wildman–Crippen MR) is 76.7 cm³/mol. The van der Waals surface area contributed by atoms with E-state index in [4.69, 9.17) is 22.1 Å². The van der Waals surface area contributed by atoms with Crippen LogP contribution in [0, 0.1) is 0 Å². The second-order valence-corrected chi connectivity index (χ2v) is 5.17.